The molecule has 2 aromatic rings. The van der Waals surface area contributed by atoms with Crippen LogP contribution >= 0.6 is 0 Å². The van der Waals surface area contributed by atoms with E-state index in [2.05, 4.69) is 49.4 Å². The SMILES string of the molecule is C\C=C/C=C(\C=C\CC(=O)O)CCCc1nc(=C/C(C)C(=O)N(CC)CCCc2ccccc2)/c(=C\C)nc1C1C=CC(CC)=CC1. The van der Waals surface area contributed by atoms with Gasteiger partial charge in [-0.15, -0.1) is 0 Å². The Hall–Kier alpha value is -4.32. The van der Waals surface area contributed by atoms with Crippen LogP contribution in [-0.2, 0) is 22.4 Å². The fourth-order valence-electron chi connectivity index (χ4n) is 5.81. The molecule has 0 saturated carbocycles. The van der Waals surface area contributed by atoms with Gasteiger partial charge in [-0.3, -0.25) is 9.59 Å². The van der Waals surface area contributed by atoms with Crippen LogP contribution in [0.5, 0.6) is 0 Å². The molecule has 6 nitrogen and oxygen atoms in total. The molecule has 0 aliphatic heterocycles. The average molecular weight is 636 g/mol. The number of hydrogen-bond donors (Lipinski definition) is 1. The molecule has 0 spiro atoms. The van der Waals surface area contributed by atoms with E-state index in [1.54, 1.807) is 6.08 Å². The molecule has 2 atom stereocenters. The van der Waals surface area contributed by atoms with Gasteiger partial charge < -0.3 is 10.0 Å². The normalized spacial score (nSPS) is 16.7. The summed E-state index contributed by atoms with van der Waals surface area (Å²) < 4.78 is 0. The number of rotatable bonds is 17. The molecular weight excluding hydrogens is 582 g/mol. The van der Waals surface area contributed by atoms with Gasteiger partial charge in [-0.2, -0.15) is 0 Å². The molecule has 0 saturated heterocycles. The zero-order valence-corrected chi connectivity index (χ0v) is 29.0. The van der Waals surface area contributed by atoms with E-state index in [9.17, 15) is 9.59 Å². The van der Waals surface area contributed by atoms with Gasteiger partial charge in [0.25, 0.3) is 0 Å². The van der Waals surface area contributed by atoms with E-state index in [0.29, 0.717) is 6.54 Å². The van der Waals surface area contributed by atoms with Crippen LogP contribution in [0.3, 0.4) is 0 Å². The number of carboxylic acids is 1. The van der Waals surface area contributed by atoms with Gasteiger partial charge in [0.05, 0.1) is 34.4 Å². The summed E-state index contributed by atoms with van der Waals surface area (Å²) >= 11 is 0. The molecule has 47 heavy (non-hydrogen) atoms. The largest absolute Gasteiger partial charge is 0.481 e. The Balaban J connectivity index is 1.88. The average Bonchev–Trinajstić information content (AvgIpc) is 3.09. The minimum absolute atomic E-state index is 0.00233. The third-order valence-corrected chi connectivity index (χ3v) is 8.50. The standard InChI is InChI=1S/C41H53N3O3/c1-6-10-17-33(21-15-24-39(45)46)20-14-23-37-40(35-27-25-32(7-2)26-28-35)43-36(8-3)38(42-37)30-31(5)41(47)44(9-4)29-16-22-34-18-12-11-13-19-34/h6,8,10-13,15,17-19,21,25-27,30-31,35H,7,9,14,16,20,22-24,28-29H2,1-5H3,(H,45,46)/b10-6-,21-15+,33-17-,36-8+,38-30+. The van der Waals surface area contributed by atoms with Crippen molar-refractivity contribution < 1.29 is 14.7 Å². The number of carbonyl (C=O) groups excluding carboxylic acids is 1. The van der Waals surface area contributed by atoms with Gasteiger partial charge in [-0.25, -0.2) is 9.97 Å². The summed E-state index contributed by atoms with van der Waals surface area (Å²) in [7, 11) is 0. The Bertz CT molecular complexity index is 1600. The third kappa shape index (κ3) is 12.1. The predicted molar refractivity (Wildman–Crippen MR) is 194 cm³/mol. The Morgan fingerprint density at radius 3 is 2.49 bits per heavy atom. The number of carbonyl (C=O) groups is 2. The van der Waals surface area contributed by atoms with Gasteiger partial charge in [0.15, 0.2) is 0 Å². The van der Waals surface area contributed by atoms with Crippen LogP contribution in [0.25, 0.3) is 12.2 Å². The summed E-state index contributed by atoms with van der Waals surface area (Å²) in [6.07, 6.45) is 26.4. The molecule has 1 aromatic carbocycles. The number of aromatic nitrogens is 2. The van der Waals surface area contributed by atoms with Gasteiger partial charge in [-0.05, 0) is 82.9 Å². The topological polar surface area (TPSA) is 83.4 Å². The van der Waals surface area contributed by atoms with Crippen molar-refractivity contribution in [2.45, 2.75) is 91.9 Å². The number of aryl methyl sites for hydroxylation is 2. The van der Waals surface area contributed by atoms with Crippen LogP contribution in [-0.4, -0.2) is 44.9 Å². The molecule has 0 fully saturated rings. The first-order chi connectivity index (χ1) is 22.8. The van der Waals surface area contributed by atoms with Crippen molar-refractivity contribution in [1.29, 1.82) is 0 Å². The minimum Gasteiger partial charge on any atom is -0.481 e. The van der Waals surface area contributed by atoms with Crippen LogP contribution in [0.4, 0.5) is 0 Å². The molecule has 2 unspecified atom stereocenters. The van der Waals surface area contributed by atoms with Gasteiger partial charge in [0.1, 0.15) is 0 Å². The van der Waals surface area contributed by atoms with E-state index in [0.717, 1.165) is 79.1 Å². The second-order valence-corrected chi connectivity index (χ2v) is 12.0. The summed E-state index contributed by atoms with van der Waals surface area (Å²) in [5.41, 5.74) is 5.65. The Morgan fingerprint density at radius 2 is 1.85 bits per heavy atom. The molecule has 1 aliphatic rings. The summed E-state index contributed by atoms with van der Waals surface area (Å²) in [5.74, 6) is -0.925. The van der Waals surface area contributed by atoms with Crippen LogP contribution in [0.2, 0.25) is 0 Å². The fraction of sp³-hybridized carbons (Fsp3) is 0.415. The molecule has 1 heterocycles. The molecule has 1 aliphatic carbocycles. The van der Waals surface area contributed by atoms with Crippen molar-refractivity contribution in [3.05, 3.63) is 118 Å². The maximum Gasteiger partial charge on any atom is 0.307 e. The highest BCUT2D eigenvalue weighted by atomic mass is 16.4. The van der Waals surface area contributed by atoms with Gasteiger partial charge in [0, 0.05) is 19.0 Å². The van der Waals surface area contributed by atoms with E-state index >= 15 is 0 Å². The van der Waals surface area contributed by atoms with E-state index in [1.807, 2.05) is 75.1 Å². The molecule has 0 radical (unpaired) electrons. The van der Waals surface area contributed by atoms with Crippen LogP contribution < -0.4 is 10.7 Å². The highest BCUT2D eigenvalue weighted by Gasteiger charge is 2.20. The number of benzene rings is 1. The molecule has 1 amide bonds. The third-order valence-electron chi connectivity index (χ3n) is 8.50. The lowest BCUT2D eigenvalue weighted by molar-refractivity contribution is -0.136. The summed E-state index contributed by atoms with van der Waals surface area (Å²) in [5, 5.41) is 10.6. The van der Waals surface area contributed by atoms with Crippen LogP contribution in [0.1, 0.15) is 96.0 Å². The lowest BCUT2D eigenvalue weighted by Crippen LogP contribution is -2.39. The fourth-order valence-corrected chi connectivity index (χ4v) is 5.81. The highest BCUT2D eigenvalue weighted by Crippen LogP contribution is 2.28. The maximum atomic E-state index is 13.6. The van der Waals surface area contributed by atoms with Crippen molar-refractivity contribution in [2.75, 3.05) is 13.1 Å². The Morgan fingerprint density at radius 1 is 1.06 bits per heavy atom. The molecule has 250 valence electrons. The summed E-state index contributed by atoms with van der Waals surface area (Å²) in [6.45, 7) is 11.5. The first kappa shape index (κ1) is 37.1. The van der Waals surface area contributed by atoms with Gasteiger partial charge in [0.2, 0.25) is 5.91 Å². The first-order valence-electron chi connectivity index (χ1n) is 17.2. The van der Waals surface area contributed by atoms with Crippen molar-refractivity contribution in [2.24, 2.45) is 5.92 Å². The first-order valence-corrected chi connectivity index (χ1v) is 17.2. The smallest absolute Gasteiger partial charge is 0.307 e. The number of aliphatic carboxylic acids is 1. The van der Waals surface area contributed by atoms with Crippen molar-refractivity contribution >= 4 is 24.0 Å². The number of amides is 1. The van der Waals surface area contributed by atoms with E-state index in [4.69, 9.17) is 15.1 Å². The summed E-state index contributed by atoms with van der Waals surface area (Å²) in [6, 6.07) is 10.4. The number of hydrogen-bond acceptors (Lipinski definition) is 4. The highest BCUT2D eigenvalue weighted by molar-refractivity contribution is 5.83. The van der Waals surface area contributed by atoms with Crippen LogP contribution in [0.15, 0.2) is 90.1 Å². The quantitative estimate of drug-likeness (QED) is 0.183. The van der Waals surface area contributed by atoms with E-state index < -0.39 is 5.97 Å². The molecular formula is C41H53N3O3. The van der Waals surface area contributed by atoms with Crippen molar-refractivity contribution in [3.63, 3.8) is 0 Å². The summed E-state index contributed by atoms with van der Waals surface area (Å²) in [4.78, 5) is 37.0. The zero-order valence-electron chi connectivity index (χ0n) is 29.0. The maximum absolute atomic E-state index is 13.6. The Kier molecular flexibility index (Phi) is 15.8. The number of nitrogens with zero attached hydrogens (tertiary/aromatic N) is 3. The van der Waals surface area contributed by atoms with Gasteiger partial charge in [-0.1, -0.05) is 104 Å². The number of carboxylic acid groups (broad SMARTS) is 1. The van der Waals surface area contributed by atoms with E-state index in [1.165, 1.54) is 11.1 Å². The monoisotopic (exact) mass is 635 g/mol. The van der Waals surface area contributed by atoms with Gasteiger partial charge >= 0.3 is 5.97 Å². The lowest BCUT2D eigenvalue weighted by atomic mass is 9.90. The minimum atomic E-state index is -0.842. The van der Waals surface area contributed by atoms with E-state index in [-0.39, 0.29) is 24.2 Å². The van der Waals surface area contributed by atoms with Crippen molar-refractivity contribution in [3.8, 4) is 0 Å². The molecule has 3 rings (SSSR count). The molecule has 1 aromatic heterocycles. The number of allylic oxidation sites excluding steroid dienone is 9. The molecule has 0 bridgehead atoms. The zero-order chi connectivity index (χ0) is 34.0. The lowest BCUT2D eigenvalue weighted by Gasteiger charge is -2.23. The predicted octanol–water partition coefficient (Wildman–Crippen LogP) is 7.41. The molecule has 6 heteroatoms. The second-order valence-electron chi connectivity index (χ2n) is 12.0. The Labute approximate surface area is 281 Å². The second kappa shape index (κ2) is 20.0. The van der Waals surface area contributed by atoms with Crippen molar-refractivity contribution in [1.82, 2.24) is 14.9 Å². The molecule has 1 N–H and O–H groups in total. The van der Waals surface area contributed by atoms with Crippen LogP contribution in [0, 0.1) is 5.92 Å².